The number of nitrogens with zero attached hydrogens (tertiary/aromatic N) is 3. The molecule has 4 aromatic rings. The molecule has 1 amide bonds. The third-order valence-corrected chi connectivity index (χ3v) is 7.30. The molecular weight excluding hydrogens is 388 g/mol. The van der Waals surface area contributed by atoms with Gasteiger partial charge in [0.1, 0.15) is 0 Å². The first-order chi connectivity index (χ1) is 13.7. The summed E-state index contributed by atoms with van der Waals surface area (Å²) < 4.78 is 2.32. The molecule has 0 radical (unpaired) electrons. The van der Waals surface area contributed by atoms with Crippen molar-refractivity contribution in [3.05, 3.63) is 48.0 Å². The number of aromatic nitrogens is 2. The molecule has 5 nitrogen and oxygen atoms in total. The summed E-state index contributed by atoms with van der Waals surface area (Å²) in [5, 5.41) is 4.80. The van der Waals surface area contributed by atoms with Crippen LogP contribution in [-0.4, -0.2) is 29.0 Å². The molecule has 0 aliphatic carbocycles. The molecule has 5 rings (SSSR count). The fourth-order valence-corrected chi connectivity index (χ4v) is 5.64. The van der Waals surface area contributed by atoms with Crippen molar-refractivity contribution in [2.75, 3.05) is 23.3 Å². The molecule has 1 saturated heterocycles. The fraction of sp³-hybridized carbons (Fsp3) is 0.286. The monoisotopic (exact) mass is 408 g/mol. The van der Waals surface area contributed by atoms with Gasteiger partial charge in [0.15, 0.2) is 10.3 Å². The van der Waals surface area contributed by atoms with Crippen molar-refractivity contribution in [3.63, 3.8) is 0 Å². The van der Waals surface area contributed by atoms with Crippen molar-refractivity contribution >= 4 is 59.3 Å². The van der Waals surface area contributed by atoms with Crippen LogP contribution >= 0.6 is 22.7 Å². The van der Waals surface area contributed by atoms with Crippen molar-refractivity contribution in [2.24, 2.45) is 5.92 Å². The summed E-state index contributed by atoms with van der Waals surface area (Å²) >= 11 is 3.27. The Morgan fingerprint density at radius 3 is 2.61 bits per heavy atom. The van der Waals surface area contributed by atoms with E-state index in [1.54, 1.807) is 22.7 Å². The zero-order chi connectivity index (χ0) is 19.1. The van der Waals surface area contributed by atoms with E-state index in [2.05, 4.69) is 27.3 Å². The third-order valence-electron chi connectivity index (χ3n) is 5.27. The number of hydrogen-bond acceptors (Lipinski definition) is 6. The molecule has 7 heteroatoms. The second-order valence-corrected chi connectivity index (χ2v) is 9.20. The number of rotatable bonds is 3. The summed E-state index contributed by atoms with van der Waals surface area (Å²) in [4.78, 5) is 24.4. The Morgan fingerprint density at radius 1 is 1.04 bits per heavy atom. The SMILES string of the molecule is Cc1cccc2sc(NC(=O)C3CCN(c4nc5ccccc5s4)CC3)nc12. The first kappa shape index (κ1) is 17.6. The van der Waals surface area contributed by atoms with E-state index in [0.717, 1.165) is 52.4 Å². The van der Waals surface area contributed by atoms with Crippen LogP contribution in [0.3, 0.4) is 0 Å². The molecule has 0 spiro atoms. The standard InChI is InChI=1S/C21H20N4OS2/c1-13-5-4-8-17-18(13)23-20(27-17)24-19(26)14-9-11-25(12-10-14)21-22-15-6-2-3-7-16(15)28-21/h2-8,14H,9-12H2,1H3,(H,23,24,26). The summed E-state index contributed by atoms with van der Waals surface area (Å²) in [5.74, 6) is 0.111. The average Bonchev–Trinajstić information content (AvgIpc) is 3.32. The van der Waals surface area contributed by atoms with Crippen LogP contribution in [0, 0.1) is 12.8 Å². The number of hydrogen-bond donors (Lipinski definition) is 1. The molecule has 0 unspecified atom stereocenters. The molecule has 3 heterocycles. The van der Waals surface area contributed by atoms with Crippen molar-refractivity contribution in [2.45, 2.75) is 19.8 Å². The number of amides is 1. The van der Waals surface area contributed by atoms with Gasteiger partial charge in [-0.05, 0) is 43.5 Å². The fourth-order valence-electron chi connectivity index (χ4n) is 3.68. The van der Waals surface area contributed by atoms with Gasteiger partial charge < -0.3 is 10.2 Å². The van der Waals surface area contributed by atoms with E-state index in [4.69, 9.17) is 4.98 Å². The number of anilines is 2. The summed E-state index contributed by atoms with van der Waals surface area (Å²) in [6, 6.07) is 14.3. The summed E-state index contributed by atoms with van der Waals surface area (Å²) in [6.07, 6.45) is 1.68. The maximum Gasteiger partial charge on any atom is 0.229 e. The summed E-state index contributed by atoms with van der Waals surface area (Å²) in [6.45, 7) is 3.76. The van der Waals surface area contributed by atoms with Crippen LogP contribution in [0.5, 0.6) is 0 Å². The van der Waals surface area contributed by atoms with Gasteiger partial charge in [-0.2, -0.15) is 0 Å². The number of benzene rings is 2. The average molecular weight is 409 g/mol. The molecule has 142 valence electrons. The lowest BCUT2D eigenvalue weighted by Crippen LogP contribution is -2.38. The maximum absolute atomic E-state index is 12.7. The van der Waals surface area contributed by atoms with Crippen LogP contribution in [0.25, 0.3) is 20.4 Å². The minimum Gasteiger partial charge on any atom is -0.348 e. The number of carbonyl (C=O) groups excluding carboxylic acids is 1. The van der Waals surface area contributed by atoms with Crippen LogP contribution in [0.15, 0.2) is 42.5 Å². The van der Waals surface area contributed by atoms with E-state index in [1.807, 2.05) is 37.3 Å². The second-order valence-electron chi connectivity index (χ2n) is 7.16. The lowest BCUT2D eigenvalue weighted by molar-refractivity contribution is -0.120. The van der Waals surface area contributed by atoms with Crippen LogP contribution in [0.2, 0.25) is 0 Å². The number of para-hydroxylation sites is 2. The molecule has 1 N–H and O–H groups in total. The number of thiazole rings is 2. The quantitative estimate of drug-likeness (QED) is 0.514. The highest BCUT2D eigenvalue weighted by Gasteiger charge is 2.27. The van der Waals surface area contributed by atoms with Gasteiger partial charge in [0, 0.05) is 19.0 Å². The van der Waals surface area contributed by atoms with E-state index >= 15 is 0 Å². The van der Waals surface area contributed by atoms with Gasteiger partial charge in [-0.15, -0.1) is 0 Å². The van der Waals surface area contributed by atoms with Crippen molar-refractivity contribution < 1.29 is 4.79 Å². The van der Waals surface area contributed by atoms with Crippen LogP contribution in [0.4, 0.5) is 10.3 Å². The van der Waals surface area contributed by atoms with Crippen molar-refractivity contribution in [3.8, 4) is 0 Å². The molecule has 1 aliphatic heterocycles. The minimum absolute atomic E-state index is 0.0266. The van der Waals surface area contributed by atoms with Crippen LogP contribution in [0.1, 0.15) is 18.4 Å². The number of fused-ring (bicyclic) bond motifs is 2. The number of piperidine rings is 1. The zero-order valence-electron chi connectivity index (χ0n) is 15.5. The van der Waals surface area contributed by atoms with E-state index < -0.39 is 0 Å². The number of aryl methyl sites for hydroxylation is 1. The zero-order valence-corrected chi connectivity index (χ0v) is 17.1. The van der Waals surface area contributed by atoms with Gasteiger partial charge in [-0.1, -0.05) is 46.9 Å². The van der Waals surface area contributed by atoms with Gasteiger partial charge in [0.25, 0.3) is 0 Å². The highest BCUT2D eigenvalue weighted by molar-refractivity contribution is 7.22. The topological polar surface area (TPSA) is 58.1 Å². The Hall–Kier alpha value is -2.51. The first-order valence-electron chi connectivity index (χ1n) is 9.45. The minimum atomic E-state index is 0.0266. The maximum atomic E-state index is 12.7. The lowest BCUT2D eigenvalue weighted by Gasteiger charge is -2.30. The Morgan fingerprint density at radius 2 is 1.82 bits per heavy atom. The molecule has 2 aromatic heterocycles. The smallest absolute Gasteiger partial charge is 0.229 e. The van der Waals surface area contributed by atoms with Crippen molar-refractivity contribution in [1.29, 1.82) is 0 Å². The molecule has 1 aliphatic rings. The third kappa shape index (κ3) is 3.25. The molecule has 2 aromatic carbocycles. The van der Waals surface area contributed by atoms with E-state index in [0.29, 0.717) is 5.13 Å². The van der Waals surface area contributed by atoms with E-state index in [-0.39, 0.29) is 11.8 Å². The van der Waals surface area contributed by atoms with Crippen LogP contribution < -0.4 is 10.2 Å². The number of nitrogens with one attached hydrogen (secondary N) is 1. The summed E-state index contributed by atoms with van der Waals surface area (Å²) in [7, 11) is 0. The molecule has 0 saturated carbocycles. The highest BCUT2D eigenvalue weighted by Crippen LogP contribution is 2.32. The lowest BCUT2D eigenvalue weighted by atomic mass is 9.96. The predicted molar refractivity (Wildman–Crippen MR) is 118 cm³/mol. The van der Waals surface area contributed by atoms with Gasteiger partial charge in [0.05, 0.1) is 20.4 Å². The Labute approximate surface area is 171 Å². The van der Waals surface area contributed by atoms with E-state index in [1.165, 1.54) is 4.70 Å². The van der Waals surface area contributed by atoms with Gasteiger partial charge in [0.2, 0.25) is 5.91 Å². The van der Waals surface area contributed by atoms with Gasteiger partial charge >= 0.3 is 0 Å². The van der Waals surface area contributed by atoms with Crippen molar-refractivity contribution in [1.82, 2.24) is 9.97 Å². The summed E-state index contributed by atoms with van der Waals surface area (Å²) in [5.41, 5.74) is 3.17. The van der Waals surface area contributed by atoms with Crippen LogP contribution in [-0.2, 0) is 4.79 Å². The second kappa shape index (κ2) is 7.14. The molecule has 0 atom stereocenters. The first-order valence-corrected chi connectivity index (χ1v) is 11.1. The number of carbonyl (C=O) groups is 1. The normalized spacial score (nSPS) is 15.4. The Balaban J connectivity index is 1.24. The van der Waals surface area contributed by atoms with Gasteiger partial charge in [-0.25, -0.2) is 9.97 Å². The molecule has 28 heavy (non-hydrogen) atoms. The molecular formula is C21H20N4OS2. The highest BCUT2D eigenvalue weighted by atomic mass is 32.1. The Kier molecular flexibility index (Phi) is 4.49. The Bertz CT molecular complexity index is 1120. The largest absolute Gasteiger partial charge is 0.348 e. The van der Waals surface area contributed by atoms with E-state index in [9.17, 15) is 4.79 Å². The predicted octanol–water partition coefficient (Wildman–Crippen LogP) is 5.07. The molecule has 1 fully saturated rings. The van der Waals surface area contributed by atoms with Gasteiger partial charge in [-0.3, -0.25) is 4.79 Å². The molecule has 0 bridgehead atoms.